The fraction of sp³-hybridized carbons (Fsp3) is 0.333. The highest BCUT2D eigenvalue weighted by Crippen LogP contribution is 2.39. The summed E-state index contributed by atoms with van der Waals surface area (Å²) in [5, 5.41) is 4.21. The first-order valence-corrected chi connectivity index (χ1v) is 7.82. The number of hydrogen-bond acceptors (Lipinski definition) is 2. The van der Waals surface area contributed by atoms with E-state index in [-0.39, 0.29) is 6.04 Å². The molecule has 110 valence electrons. The molecule has 2 aromatic carbocycles. The average Bonchev–Trinajstić information content (AvgIpc) is 2.96. The quantitative estimate of drug-likeness (QED) is 0.916. The summed E-state index contributed by atoms with van der Waals surface area (Å²) in [5.41, 5.74) is 5.00. The van der Waals surface area contributed by atoms with Crippen molar-refractivity contribution >= 4 is 11.6 Å². The van der Waals surface area contributed by atoms with Crippen LogP contribution in [0.5, 0.6) is 5.75 Å². The van der Waals surface area contributed by atoms with Crippen LogP contribution in [0, 0.1) is 0 Å². The van der Waals surface area contributed by atoms with Gasteiger partial charge in [-0.2, -0.15) is 0 Å². The van der Waals surface area contributed by atoms with Crippen LogP contribution in [-0.2, 0) is 12.8 Å². The normalized spacial score (nSPS) is 14.6. The molecule has 1 heterocycles. The Labute approximate surface area is 131 Å². The number of aryl methyl sites for hydroxylation is 1. The van der Waals surface area contributed by atoms with Gasteiger partial charge in [0.25, 0.3) is 0 Å². The Morgan fingerprint density at radius 1 is 1.24 bits per heavy atom. The summed E-state index contributed by atoms with van der Waals surface area (Å²) >= 11 is 6.31. The summed E-state index contributed by atoms with van der Waals surface area (Å²) in [7, 11) is 1.99. The summed E-state index contributed by atoms with van der Waals surface area (Å²) in [6.45, 7) is 2.93. The van der Waals surface area contributed by atoms with Crippen LogP contribution in [0.4, 0.5) is 0 Å². The molecule has 0 amide bonds. The molecule has 0 radical (unpaired) electrons. The largest absolute Gasteiger partial charge is 0.493 e. The smallest absolute Gasteiger partial charge is 0.127 e. The van der Waals surface area contributed by atoms with E-state index in [0.29, 0.717) is 0 Å². The molecule has 1 aliphatic rings. The summed E-state index contributed by atoms with van der Waals surface area (Å²) in [6, 6.07) is 12.7. The molecular weight excluding hydrogens is 282 g/mol. The van der Waals surface area contributed by atoms with Crippen molar-refractivity contribution in [3.63, 3.8) is 0 Å². The SMILES string of the molecule is CCc1ccccc1C(NC)c1cc(Cl)cc2c1OCC2. The molecule has 0 aromatic heterocycles. The van der Waals surface area contributed by atoms with Gasteiger partial charge in [0, 0.05) is 17.0 Å². The van der Waals surface area contributed by atoms with Crippen molar-refractivity contribution in [3.8, 4) is 5.75 Å². The van der Waals surface area contributed by atoms with Crippen molar-refractivity contribution in [2.45, 2.75) is 25.8 Å². The Morgan fingerprint density at radius 2 is 2.05 bits per heavy atom. The zero-order valence-electron chi connectivity index (χ0n) is 12.4. The van der Waals surface area contributed by atoms with Crippen LogP contribution >= 0.6 is 11.6 Å². The van der Waals surface area contributed by atoms with Crippen LogP contribution in [0.25, 0.3) is 0 Å². The first-order valence-electron chi connectivity index (χ1n) is 7.44. The van der Waals surface area contributed by atoms with Crippen molar-refractivity contribution in [2.24, 2.45) is 0 Å². The van der Waals surface area contributed by atoms with Crippen molar-refractivity contribution in [1.29, 1.82) is 0 Å². The van der Waals surface area contributed by atoms with E-state index in [0.717, 1.165) is 35.8 Å². The van der Waals surface area contributed by atoms with Gasteiger partial charge in [0.2, 0.25) is 0 Å². The summed E-state index contributed by atoms with van der Waals surface area (Å²) < 4.78 is 5.86. The Hall–Kier alpha value is -1.51. The van der Waals surface area contributed by atoms with Gasteiger partial charge in [0.05, 0.1) is 12.6 Å². The molecule has 3 rings (SSSR count). The number of nitrogens with one attached hydrogen (secondary N) is 1. The van der Waals surface area contributed by atoms with Crippen molar-refractivity contribution in [2.75, 3.05) is 13.7 Å². The van der Waals surface area contributed by atoms with E-state index in [1.165, 1.54) is 16.7 Å². The average molecular weight is 302 g/mol. The third-order valence-corrected chi connectivity index (χ3v) is 4.34. The Morgan fingerprint density at radius 3 is 2.81 bits per heavy atom. The number of rotatable bonds is 4. The summed E-state index contributed by atoms with van der Waals surface area (Å²) in [4.78, 5) is 0. The Bertz CT molecular complexity index is 654. The Kier molecular flexibility index (Phi) is 4.18. The van der Waals surface area contributed by atoms with E-state index in [9.17, 15) is 0 Å². The van der Waals surface area contributed by atoms with Gasteiger partial charge >= 0.3 is 0 Å². The van der Waals surface area contributed by atoms with Crippen LogP contribution < -0.4 is 10.1 Å². The molecule has 0 spiro atoms. The summed E-state index contributed by atoms with van der Waals surface area (Å²) in [5.74, 6) is 1.00. The van der Waals surface area contributed by atoms with Crippen LogP contribution in [0.3, 0.4) is 0 Å². The van der Waals surface area contributed by atoms with Gasteiger partial charge in [-0.15, -0.1) is 0 Å². The fourth-order valence-corrected chi connectivity index (χ4v) is 3.38. The minimum atomic E-state index is 0.103. The molecule has 1 aliphatic heterocycles. The molecule has 0 fully saturated rings. The van der Waals surface area contributed by atoms with Crippen LogP contribution in [-0.4, -0.2) is 13.7 Å². The zero-order chi connectivity index (χ0) is 14.8. The van der Waals surface area contributed by atoms with Crippen LogP contribution in [0.2, 0.25) is 5.02 Å². The van der Waals surface area contributed by atoms with E-state index in [2.05, 4.69) is 36.5 Å². The molecule has 21 heavy (non-hydrogen) atoms. The maximum atomic E-state index is 6.31. The predicted molar refractivity (Wildman–Crippen MR) is 87.4 cm³/mol. The van der Waals surface area contributed by atoms with E-state index < -0.39 is 0 Å². The first kappa shape index (κ1) is 14.4. The molecule has 2 aromatic rings. The van der Waals surface area contributed by atoms with Crippen LogP contribution in [0.1, 0.15) is 35.2 Å². The van der Waals surface area contributed by atoms with Gasteiger partial charge in [-0.25, -0.2) is 0 Å². The molecule has 1 atom stereocenters. The Balaban J connectivity index is 2.13. The highest BCUT2D eigenvalue weighted by atomic mass is 35.5. The molecule has 0 saturated heterocycles. The van der Waals surface area contributed by atoms with Gasteiger partial charge in [-0.3, -0.25) is 0 Å². The number of halogens is 1. The third-order valence-electron chi connectivity index (χ3n) is 4.12. The maximum absolute atomic E-state index is 6.31. The van der Waals surface area contributed by atoms with Crippen molar-refractivity contribution in [3.05, 3.63) is 63.7 Å². The third kappa shape index (κ3) is 2.66. The van der Waals surface area contributed by atoms with Gasteiger partial charge in [-0.05, 0) is 42.3 Å². The van der Waals surface area contributed by atoms with Crippen molar-refractivity contribution in [1.82, 2.24) is 5.32 Å². The second-order valence-corrected chi connectivity index (χ2v) is 5.79. The van der Waals surface area contributed by atoms with Gasteiger partial charge in [0.1, 0.15) is 5.75 Å². The number of hydrogen-bond donors (Lipinski definition) is 1. The second kappa shape index (κ2) is 6.08. The standard InChI is InChI=1S/C18H20ClNO/c1-3-12-6-4-5-7-15(12)17(20-2)16-11-14(19)10-13-8-9-21-18(13)16/h4-7,10-11,17,20H,3,8-9H2,1-2H3. The molecule has 1 unspecified atom stereocenters. The topological polar surface area (TPSA) is 21.3 Å². The van der Waals surface area contributed by atoms with Gasteiger partial charge in [-0.1, -0.05) is 42.8 Å². The molecule has 0 bridgehead atoms. The fourth-order valence-electron chi connectivity index (χ4n) is 3.13. The molecule has 0 saturated carbocycles. The van der Waals surface area contributed by atoms with E-state index in [4.69, 9.17) is 16.3 Å². The highest BCUT2D eigenvalue weighted by Gasteiger charge is 2.24. The maximum Gasteiger partial charge on any atom is 0.127 e. The molecule has 1 N–H and O–H groups in total. The lowest BCUT2D eigenvalue weighted by Gasteiger charge is -2.22. The van der Waals surface area contributed by atoms with E-state index in [1.54, 1.807) is 0 Å². The minimum absolute atomic E-state index is 0.103. The minimum Gasteiger partial charge on any atom is -0.493 e. The predicted octanol–water partition coefficient (Wildman–Crippen LogP) is 4.15. The van der Waals surface area contributed by atoms with E-state index in [1.807, 2.05) is 19.2 Å². The van der Waals surface area contributed by atoms with E-state index >= 15 is 0 Å². The second-order valence-electron chi connectivity index (χ2n) is 5.36. The lowest BCUT2D eigenvalue weighted by atomic mass is 9.92. The molecule has 2 nitrogen and oxygen atoms in total. The lowest BCUT2D eigenvalue weighted by Crippen LogP contribution is -2.20. The summed E-state index contributed by atoms with van der Waals surface area (Å²) in [6.07, 6.45) is 1.95. The molecule has 3 heteroatoms. The first-order chi connectivity index (χ1) is 10.2. The van der Waals surface area contributed by atoms with Crippen LogP contribution in [0.15, 0.2) is 36.4 Å². The highest BCUT2D eigenvalue weighted by molar-refractivity contribution is 6.30. The number of fused-ring (bicyclic) bond motifs is 1. The lowest BCUT2D eigenvalue weighted by molar-refractivity contribution is 0.351. The number of benzene rings is 2. The molecule has 0 aliphatic carbocycles. The monoisotopic (exact) mass is 301 g/mol. The van der Waals surface area contributed by atoms with Gasteiger partial charge < -0.3 is 10.1 Å². The number of ether oxygens (including phenoxy) is 1. The molecular formula is C18H20ClNO. The van der Waals surface area contributed by atoms with Gasteiger partial charge in [0.15, 0.2) is 0 Å². The van der Waals surface area contributed by atoms with Crippen molar-refractivity contribution < 1.29 is 4.74 Å². The zero-order valence-corrected chi connectivity index (χ0v) is 13.2.